The number of fused-ring (bicyclic) bond motifs is 1. The third kappa shape index (κ3) is 2.26. The fourth-order valence-electron chi connectivity index (χ4n) is 1.83. The molecule has 0 aliphatic heterocycles. The molecule has 0 saturated carbocycles. The molecule has 5 heteroatoms. The Hall–Kier alpha value is -1.75. The van der Waals surface area contributed by atoms with Crippen molar-refractivity contribution in [3.63, 3.8) is 0 Å². The monoisotopic (exact) mass is 256 g/mol. The maximum atomic E-state index is 12.5. The van der Waals surface area contributed by atoms with E-state index in [9.17, 15) is 18.3 Å². The molecule has 18 heavy (non-hydrogen) atoms. The maximum absolute atomic E-state index is 12.5. The molecule has 0 bridgehead atoms. The van der Waals surface area contributed by atoms with Crippen molar-refractivity contribution in [2.75, 3.05) is 7.11 Å². The lowest BCUT2D eigenvalue weighted by Crippen LogP contribution is -2.20. The number of hydrogen-bond donors (Lipinski definition) is 1. The Labute approximate surface area is 102 Å². The van der Waals surface area contributed by atoms with E-state index in [4.69, 9.17) is 4.74 Å². The van der Waals surface area contributed by atoms with E-state index in [-0.39, 0.29) is 5.56 Å². The van der Waals surface area contributed by atoms with Crippen LogP contribution in [0.2, 0.25) is 0 Å². The lowest BCUT2D eigenvalue weighted by Gasteiger charge is -2.17. The third-order valence-electron chi connectivity index (χ3n) is 2.73. The van der Waals surface area contributed by atoms with E-state index in [1.807, 2.05) is 0 Å². The molecule has 0 radical (unpaired) electrons. The Morgan fingerprint density at radius 1 is 1.17 bits per heavy atom. The van der Waals surface area contributed by atoms with Crippen LogP contribution in [0.5, 0.6) is 5.75 Å². The molecule has 0 fully saturated rings. The summed E-state index contributed by atoms with van der Waals surface area (Å²) in [6.07, 6.45) is -7.15. The molecule has 0 saturated heterocycles. The fraction of sp³-hybridized carbons (Fsp3) is 0.231. The molecule has 0 aromatic heterocycles. The topological polar surface area (TPSA) is 29.5 Å². The molecule has 1 atom stereocenters. The summed E-state index contributed by atoms with van der Waals surface area (Å²) in [5, 5.41) is 10.3. The zero-order valence-corrected chi connectivity index (χ0v) is 9.53. The van der Waals surface area contributed by atoms with E-state index in [2.05, 4.69) is 0 Å². The largest absolute Gasteiger partial charge is 0.497 e. The molecule has 96 valence electrons. The van der Waals surface area contributed by atoms with Gasteiger partial charge in [0.1, 0.15) is 5.75 Å². The first-order valence-electron chi connectivity index (χ1n) is 5.25. The molecule has 2 rings (SSSR count). The van der Waals surface area contributed by atoms with E-state index in [1.165, 1.54) is 25.3 Å². The van der Waals surface area contributed by atoms with Gasteiger partial charge in [0.15, 0.2) is 6.10 Å². The highest BCUT2D eigenvalue weighted by atomic mass is 19.4. The fourth-order valence-corrected chi connectivity index (χ4v) is 1.83. The number of aliphatic hydroxyl groups excluding tert-OH is 1. The van der Waals surface area contributed by atoms with Crippen LogP contribution < -0.4 is 4.74 Å². The van der Waals surface area contributed by atoms with Gasteiger partial charge in [0, 0.05) is 0 Å². The van der Waals surface area contributed by atoms with E-state index in [0.717, 1.165) is 0 Å². The van der Waals surface area contributed by atoms with Crippen LogP contribution in [0.3, 0.4) is 0 Å². The Balaban J connectivity index is 2.59. The highest BCUT2D eigenvalue weighted by Gasteiger charge is 2.40. The average Bonchev–Trinajstić information content (AvgIpc) is 2.35. The standard InChI is InChI=1S/C13H11F3O2/c1-18-9-5-6-10-8(7-9)3-2-4-11(10)12(17)13(14,15)16/h2-7,12,17H,1H3. The van der Waals surface area contributed by atoms with E-state index in [1.54, 1.807) is 18.2 Å². The van der Waals surface area contributed by atoms with Crippen molar-refractivity contribution in [2.24, 2.45) is 0 Å². The van der Waals surface area contributed by atoms with Crippen LogP contribution in [-0.2, 0) is 0 Å². The molecule has 2 nitrogen and oxygen atoms in total. The van der Waals surface area contributed by atoms with Gasteiger partial charge in [0.2, 0.25) is 0 Å². The Morgan fingerprint density at radius 3 is 2.50 bits per heavy atom. The lowest BCUT2D eigenvalue weighted by molar-refractivity contribution is -0.206. The highest BCUT2D eigenvalue weighted by molar-refractivity contribution is 5.87. The zero-order chi connectivity index (χ0) is 13.3. The van der Waals surface area contributed by atoms with Gasteiger partial charge in [-0.25, -0.2) is 0 Å². The maximum Gasteiger partial charge on any atom is 0.418 e. The second-order valence-electron chi connectivity index (χ2n) is 3.88. The van der Waals surface area contributed by atoms with Crippen molar-refractivity contribution in [1.82, 2.24) is 0 Å². The predicted molar refractivity (Wildman–Crippen MR) is 61.5 cm³/mol. The van der Waals surface area contributed by atoms with E-state index < -0.39 is 12.3 Å². The van der Waals surface area contributed by atoms with Crippen molar-refractivity contribution < 1.29 is 23.0 Å². The summed E-state index contributed by atoms with van der Waals surface area (Å²) in [4.78, 5) is 0. The van der Waals surface area contributed by atoms with Gasteiger partial charge < -0.3 is 9.84 Å². The van der Waals surface area contributed by atoms with Gasteiger partial charge in [0.25, 0.3) is 0 Å². The lowest BCUT2D eigenvalue weighted by atomic mass is 10.00. The van der Waals surface area contributed by atoms with Crippen LogP contribution in [0.1, 0.15) is 11.7 Å². The average molecular weight is 256 g/mol. The molecular formula is C13H11F3O2. The number of aliphatic hydroxyl groups is 1. The predicted octanol–water partition coefficient (Wildman–Crippen LogP) is 3.44. The Kier molecular flexibility index (Phi) is 3.17. The molecule has 0 heterocycles. The number of hydrogen-bond acceptors (Lipinski definition) is 2. The first-order chi connectivity index (χ1) is 8.43. The highest BCUT2D eigenvalue weighted by Crippen LogP contribution is 2.36. The van der Waals surface area contributed by atoms with Crippen LogP contribution in [0.25, 0.3) is 10.8 Å². The normalized spacial score (nSPS) is 13.6. The second kappa shape index (κ2) is 4.49. The number of alkyl halides is 3. The van der Waals surface area contributed by atoms with E-state index >= 15 is 0 Å². The van der Waals surface area contributed by atoms with Crippen molar-refractivity contribution in [3.05, 3.63) is 42.0 Å². The SMILES string of the molecule is COc1ccc2c(C(O)C(F)(F)F)cccc2c1. The van der Waals surface area contributed by atoms with Crippen molar-refractivity contribution in [2.45, 2.75) is 12.3 Å². The van der Waals surface area contributed by atoms with E-state index in [0.29, 0.717) is 16.5 Å². The summed E-state index contributed by atoms with van der Waals surface area (Å²) in [6, 6.07) is 9.12. The molecule has 1 unspecified atom stereocenters. The Bertz CT molecular complexity index is 564. The van der Waals surface area contributed by atoms with Crippen LogP contribution >= 0.6 is 0 Å². The van der Waals surface area contributed by atoms with Gasteiger partial charge in [0.05, 0.1) is 7.11 Å². The number of ether oxygens (including phenoxy) is 1. The number of benzene rings is 2. The van der Waals surface area contributed by atoms with Crippen LogP contribution in [-0.4, -0.2) is 18.4 Å². The molecule has 2 aromatic carbocycles. The number of rotatable bonds is 2. The minimum Gasteiger partial charge on any atom is -0.497 e. The van der Waals surface area contributed by atoms with Gasteiger partial charge >= 0.3 is 6.18 Å². The smallest absolute Gasteiger partial charge is 0.418 e. The molecule has 0 spiro atoms. The second-order valence-corrected chi connectivity index (χ2v) is 3.88. The minimum atomic E-state index is -4.67. The molecule has 0 aliphatic rings. The van der Waals surface area contributed by atoms with Gasteiger partial charge in [-0.3, -0.25) is 0 Å². The zero-order valence-electron chi connectivity index (χ0n) is 9.53. The number of halogens is 3. The summed E-state index contributed by atoms with van der Waals surface area (Å²) in [7, 11) is 1.48. The van der Waals surface area contributed by atoms with Crippen LogP contribution in [0.4, 0.5) is 13.2 Å². The van der Waals surface area contributed by atoms with Gasteiger partial charge in [-0.05, 0) is 28.5 Å². The quantitative estimate of drug-likeness (QED) is 0.891. The molecule has 1 N–H and O–H groups in total. The van der Waals surface area contributed by atoms with Crippen LogP contribution in [0.15, 0.2) is 36.4 Å². The molecular weight excluding hydrogens is 245 g/mol. The summed E-state index contributed by atoms with van der Waals surface area (Å²) in [6.45, 7) is 0. The molecule has 2 aromatic rings. The summed E-state index contributed by atoms with van der Waals surface area (Å²) < 4.78 is 42.6. The number of methoxy groups -OCH3 is 1. The first-order valence-corrected chi connectivity index (χ1v) is 5.25. The molecule has 0 amide bonds. The van der Waals surface area contributed by atoms with Crippen molar-refractivity contribution in [1.29, 1.82) is 0 Å². The minimum absolute atomic E-state index is 0.150. The van der Waals surface area contributed by atoms with Gasteiger partial charge in [-0.15, -0.1) is 0 Å². The van der Waals surface area contributed by atoms with Gasteiger partial charge in [-0.2, -0.15) is 13.2 Å². The summed E-state index contributed by atoms with van der Waals surface area (Å²) in [5.74, 6) is 0.557. The summed E-state index contributed by atoms with van der Waals surface area (Å²) >= 11 is 0. The molecule has 0 aliphatic carbocycles. The Morgan fingerprint density at radius 2 is 1.89 bits per heavy atom. The van der Waals surface area contributed by atoms with Crippen molar-refractivity contribution in [3.8, 4) is 5.75 Å². The summed E-state index contributed by atoms with van der Waals surface area (Å²) in [5.41, 5.74) is -0.150. The first kappa shape index (κ1) is 12.7. The van der Waals surface area contributed by atoms with Gasteiger partial charge in [-0.1, -0.05) is 24.3 Å². The van der Waals surface area contributed by atoms with Crippen LogP contribution in [0, 0.1) is 0 Å². The van der Waals surface area contributed by atoms with Crippen molar-refractivity contribution >= 4 is 10.8 Å². The third-order valence-corrected chi connectivity index (χ3v) is 2.73.